The third kappa shape index (κ3) is 4.96. The van der Waals surface area contributed by atoms with Crippen molar-refractivity contribution in [3.8, 4) is 5.75 Å². The smallest absolute Gasteiger partial charge is 0.293 e. The van der Waals surface area contributed by atoms with Gasteiger partial charge in [-0.05, 0) is 49.1 Å². The second-order valence-electron chi connectivity index (χ2n) is 7.69. The Hall–Kier alpha value is -3.14. The first-order valence-corrected chi connectivity index (χ1v) is 11.7. The van der Waals surface area contributed by atoms with Crippen LogP contribution in [0.3, 0.4) is 0 Å². The lowest BCUT2D eigenvalue weighted by molar-refractivity contribution is -0.384. The first-order valence-electron chi connectivity index (χ1n) is 10.0. The third-order valence-electron chi connectivity index (χ3n) is 5.39. The number of phenols is 1. The minimum atomic E-state index is -3.54. The zero-order chi connectivity index (χ0) is 22.8. The largest absolute Gasteiger partial charge is 0.506 e. The van der Waals surface area contributed by atoms with Crippen LogP contribution >= 0.6 is 0 Å². The van der Waals surface area contributed by atoms with Crippen LogP contribution < -0.4 is 10.2 Å². The molecule has 10 heteroatoms. The molecule has 31 heavy (non-hydrogen) atoms. The molecule has 0 saturated carbocycles. The van der Waals surface area contributed by atoms with E-state index in [4.69, 9.17) is 0 Å². The van der Waals surface area contributed by atoms with Crippen LogP contribution in [0.2, 0.25) is 0 Å². The van der Waals surface area contributed by atoms with Gasteiger partial charge in [0.2, 0.25) is 0 Å². The van der Waals surface area contributed by atoms with E-state index < -0.39 is 20.7 Å². The van der Waals surface area contributed by atoms with Crippen LogP contribution in [0, 0.1) is 16.0 Å². The van der Waals surface area contributed by atoms with Crippen LogP contribution in [0.1, 0.15) is 37.0 Å². The molecule has 1 saturated heterocycles. The number of hydrogen-bond donors (Lipinski definition) is 2. The van der Waals surface area contributed by atoms with Crippen molar-refractivity contribution in [3.05, 3.63) is 52.1 Å². The molecule has 2 aromatic carbocycles. The summed E-state index contributed by atoms with van der Waals surface area (Å²) in [5.41, 5.74) is 0.236. The maximum atomic E-state index is 12.7. The molecule has 9 nitrogen and oxygen atoms in total. The van der Waals surface area contributed by atoms with Gasteiger partial charge in [-0.2, -0.15) is 0 Å². The summed E-state index contributed by atoms with van der Waals surface area (Å²) in [6, 6.07) is 7.85. The normalized spacial score (nSPS) is 16.7. The predicted octanol–water partition coefficient (Wildman–Crippen LogP) is 3.58. The third-order valence-corrected chi connectivity index (χ3v) is 7.12. The lowest BCUT2D eigenvalue weighted by Crippen LogP contribution is -2.34. The molecule has 2 N–H and O–H groups in total. The summed E-state index contributed by atoms with van der Waals surface area (Å²) in [5, 5.41) is 24.1. The van der Waals surface area contributed by atoms with E-state index in [-0.39, 0.29) is 33.3 Å². The number of benzene rings is 2. The number of anilines is 2. The number of nitro benzene ring substituents is 1. The maximum Gasteiger partial charge on any atom is 0.293 e. The number of phenolic OH excluding ortho intramolecular Hbond substituents is 1. The van der Waals surface area contributed by atoms with Gasteiger partial charge < -0.3 is 15.3 Å². The Bertz CT molecular complexity index is 1120. The predicted molar refractivity (Wildman–Crippen MR) is 117 cm³/mol. The molecule has 1 aliphatic rings. The quantitative estimate of drug-likeness (QED) is 0.393. The van der Waals surface area contributed by atoms with Gasteiger partial charge in [-0.25, -0.2) is 8.42 Å². The Kier molecular flexibility index (Phi) is 6.49. The van der Waals surface area contributed by atoms with E-state index in [2.05, 4.69) is 12.2 Å². The number of nitro groups is 1. The minimum Gasteiger partial charge on any atom is -0.506 e. The molecule has 0 aliphatic carbocycles. The highest BCUT2D eigenvalue weighted by Crippen LogP contribution is 2.33. The number of amides is 1. The second-order valence-corrected chi connectivity index (χ2v) is 9.97. The van der Waals surface area contributed by atoms with Crippen molar-refractivity contribution in [1.29, 1.82) is 0 Å². The number of rotatable bonds is 6. The average Bonchev–Trinajstić information content (AvgIpc) is 2.74. The summed E-state index contributed by atoms with van der Waals surface area (Å²) < 4.78 is 24.2. The molecular weight excluding hydrogens is 422 g/mol. The number of sulfone groups is 1. The van der Waals surface area contributed by atoms with Crippen molar-refractivity contribution in [3.63, 3.8) is 0 Å². The monoisotopic (exact) mass is 447 g/mol. The number of carbonyl (C=O) groups excluding carboxylic acids is 1. The highest BCUT2D eigenvalue weighted by atomic mass is 32.2. The molecule has 3 rings (SSSR count). The summed E-state index contributed by atoms with van der Waals surface area (Å²) in [6.07, 6.45) is 2.01. The number of hydrogen-bond acceptors (Lipinski definition) is 7. The van der Waals surface area contributed by atoms with Gasteiger partial charge in [-0.1, -0.05) is 13.8 Å². The number of nitrogens with one attached hydrogen (secondary N) is 1. The molecule has 2 aromatic rings. The fraction of sp³-hybridized carbons (Fsp3) is 0.381. The zero-order valence-corrected chi connectivity index (χ0v) is 18.2. The summed E-state index contributed by atoms with van der Waals surface area (Å²) >= 11 is 0. The molecule has 1 heterocycles. The second kappa shape index (κ2) is 8.93. The Balaban J connectivity index is 1.90. The lowest BCUT2D eigenvalue weighted by atomic mass is 9.99. The van der Waals surface area contributed by atoms with Crippen LogP contribution in [-0.2, 0) is 9.84 Å². The van der Waals surface area contributed by atoms with Crippen molar-refractivity contribution in [2.24, 2.45) is 5.92 Å². The molecule has 1 aliphatic heterocycles. The van der Waals surface area contributed by atoms with E-state index >= 15 is 0 Å². The molecule has 0 radical (unpaired) electrons. The lowest BCUT2D eigenvalue weighted by Gasteiger charge is -2.32. The van der Waals surface area contributed by atoms with Gasteiger partial charge in [0.25, 0.3) is 11.6 Å². The van der Waals surface area contributed by atoms with Crippen molar-refractivity contribution < 1.29 is 23.2 Å². The molecule has 0 aromatic heterocycles. The van der Waals surface area contributed by atoms with Crippen LogP contribution in [0.5, 0.6) is 5.75 Å². The van der Waals surface area contributed by atoms with Gasteiger partial charge in [0.15, 0.2) is 9.84 Å². The van der Waals surface area contributed by atoms with E-state index in [9.17, 15) is 28.4 Å². The number of aromatic hydroxyl groups is 1. The van der Waals surface area contributed by atoms with E-state index in [1.165, 1.54) is 37.3 Å². The van der Waals surface area contributed by atoms with Gasteiger partial charge in [-0.3, -0.25) is 14.9 Å². The number of nitrogens with zero attached hydrogens (tertiary/aromatic N) is 2. The molecule has 0 bridgehead atoms. The highest BCUT2D eigenvalue weighted by Gasteiger charge is 2.25. The first-order chi connectivity index (χ1) is 14.6. The highest BCUT2D eigenvalue weighted by molar-refractivity contribution is 7.91. The van der Waals surface area contributed by atoms with Crippen molar-refractivity contribution in [2.75, 3.05) is 29.1 Å². The minimum absolute atomic E-state index is 0.0312. The molecule has 1 atom stereocenters. The van der Waals surface area contributed by atoms with E-state index in [0.29, 0.717) is 24.7 Å². The number of piperidine rings is 1. The Morgan fingerprint density at radius 1 is 1.29 bits per heavy atom. The molecular formula is C21H25N3O6S. The number of carbonyl (C=O) groups is 1. The maximum absolute atomic E-state index is 12.7. The fourth-order valence-corrected chi connectivity index (χ4v) is 4.56. The van der Waals surface area contributed by atoms with Crippen LogP contribution in [0.25, 0.3) is 0 Å². The molecule has 166 valence electrons. The van der Waals surface area contributed by atoms with Crippen LogP contribution in [-0.4, -0.2) is 43.2 Å². The van der Waals surface area contributed by atoms with Crippen LogP contribution in [0.4, 0.5) is 17.1 Å². The molecule has 1 amide bonds. The molecule has 1 fully saturated rings. The topological polar surface area (TPSA) is 130 Å². The van der Waals surface area contributed by atoms with E-state index in [1.54, 1.807) is 6.07 Å². The fourth-order valence-electron chi connectivity index (χ4n) is 3.66. The summed E-state index contributed by atoms with van der Waals surface area (Å²) in [7, 11) is -3.54. The average molecular weight is 448 g/mol. The van der Waals surface area contributed by atoms with E-state index in [1.807, 2.05) is 4.90 Å². The van der Waals surface area contributed by atoms with E-state index in [0.717, 1.165) is 12.8 Å². The van der Waals surface area contributed by atoms with Crippen molar-refractivity contribution in [1.82, 2.24) is 0 Å². The van der Waals surface area contributed by atoms with Gasteiger partial charge >= 0.3 is 0 Å². The summed E-state index contributed by atoms with van der Waals surface area (Å²) in [4.78, 5) is 25.8. The van der Waals surface area contributed by atoms with Crippen molar-refractivity contribution in [2.45, 2.75) is 31.6 Å². The van der Waals surface area contributed by atoms with Gasteiger partial charge in [0.05, 0.1) is 21.3 Å². The summed E-state index contributed by atoms with van der Waals surface area (Å²) in [6.45, 7) is 5.01. The summed E-state index contributed by atoms with van der Waals surface area (Å²) in [5.74, 6) is -0.709. The Labute approximate surface area is 180 Å². The first kappa shape index (κ1) is 22.5. The Morgan fingerprint density at radius 2 is 2.03 bits per heavy atom. The van der Waals surface area contributed by atoms with Crippen molar-refractivity contribution >= 4 is 32.8 Å². The SMILES string of the molecule is CCS(=O)(=O)c1ccc(O)c(NC(=O)c2ccc(N3CCC[C@H](C)C3)c([N+](=O)[O-])c2)c1. The van der Waals surface area contributed by atoms with Crippen LogP contribution in [0.15, 0.2) is 41.3 Å². The standard InChI is InChI=1S/C21H25N3O6S/c1-3-31(29,30)16-7-9-20(25)17(12-16)22-21(26)15-6-8-18(19(11-15)24(27)28)23-10-4-5-14(2)13-23/h6-9,11-12,14,25H,3-5,10,13H2,1-2H3,(H,22,26)/t14-/m0/s1. The van der Waals surface area contributed by atoms with Gasteiger partial charge in [0, 0.05) is 24.7 Å². The zero-order valence-electron chi connectivity index (χ0n) is 17.4. The van der Waals surface area contributed by atoms with Gasteiger partial charge in [-0.15, -0.1) is 0 Å². The molecule has 0 spiro atoms. The van der Waals surface area contributed by atoms with Gasteiger partial charge in [0.1, 0.15) is 11.4 Å². The Morgan fingerprint density at radius 3 is 2.68 bits per heavy atom. The molecule has 0 unspecified atom stereocenters.